The van der Waals surface area contributed by atoms with Gasteiger partial charge in [-0.05, 0) is 56.7 Å². The minimum Gasteiger partial charge on any atom is -0.497 e. The summed E-state index contributed by atoms with van der Waals surface area (Å²) in [4.78, 5) is 12.6. The topological polar surface area (TPSA) is 87.5 Å². The SMILES string of the molecule is CCn1c(SCC(=O)Nc2cc(OC)ccc2OC)nnc1C(C)Oc1ccc(Cl)c(C)c1. The van der Waals surface area contributed by atoms with Gasteiger partial charge in [-0.15, -0.1) is 10.2 Å². The zero-order valence-corrected chi connectivity index (χ0v) is 20.8. The summed E-state index contributed by atoms with van der Waals surface area (Å²) in [5, 5.41) is 12.8. The predicted molar refractivity (Wildman–Crippen MR) is 130 cm³/mol. The summed E-state index contributed by atoms with van der Waals surface area (Å²) in [6.07, 6.45) is -0.331. The standard InChI is InChI=1S/C23H27ClN4O4S/c1-6-28-22(15(3)32-17-7-9-18(24)14(2)11-17)26-27-23(28)33-13-21(29)25-19-12-16(30-4)8-10-20(19)31-5/h7-12,15H,6,13H2,1-5H3,(H,25,29). The molecule has 3 rings (SSSR count). The number of nitrogens with zero attached hydrogens (tertiary/aromatic N) is 3. The van der Waals surface area contributed by atoms with Gasteiger partial charge in [0.05, 0.1) is 25.7 Å². The molecule has 1 aromatic heterocycles. The Bertz CT molecular complexity index is 1120. The highest BCUT2D eigenvalue weighted by molar-refractivity contribution is 7.99. The van der Waals surface area contributed by atoms with E-state index in [2.05, 4.69) is 15.5 Å². The van der Waals surface area contributed by atoms with E-state index < -0.39 is 0 Å². The molecule has 33 heavy (non-hydrogen) atoms. The molecule has 176 valence electrons. The molecule has 0 radical (unpaired) electrons. The summed E-state index contributed by atoms with van der Waals surface area (Å²) in [6.45, 7) is 6.48. The van der Waals surface area contributed by atoms with Crippen LogP contribution in [0.2, 0.25) is 5.02 Å². The van der Waals surface area contributed by atoms with Gasteiger partial charge in [0, 0.05) is 17.6 Å². The molecule has 0 spiro atoms. The maximum Gasteiger partial charge on any atom is 0.234 e. The van der Waals surface area contributed by atoms with Crippen molar-refractivity contribution in [1.82, 2.24) is 14.8 Å². The van der Waals surface area contributed by atoms with Crippen LogP contribution in [-0.4, -0.2) is 40.6 Å². The van der Waals surface area contributed by atoms with Gasteiger partial charge in [-0.25, -0.2) is 0 Å². The number of thioether (sulfide) groups is 1. The first-order valence-electron chi connectivity index (χ1n) is 10.4. The van der Waals surface area contributed by atoms with E-state index in [0.717, 1.165) is 5.56 Å². The Balaban J connectivity index is 1.66. The first-order chi connectivity index (χ1) is 15.9. The van der Waals surface area contributed by atoms with E-state index in [9.17, 15) is 4.79 Å². The molecule has 1 N–H and O–H groups in total. The van der Waals surface area contributed by atoms with Crippen LogP contribution in [0, 0.1) is 6.92 Å². The van der Waals surface area contributed by atoms with E-state index in [1.54, 1.807) is 38.5 Å². The molecule has 10 heteroatoms. The fourth-order valence-corrected chi connectivity index (χ4v) is 4.11. The van der Waals surface area contributed by atoms with Crippen molar-refractivity contribution in [3.8, 4) is 17.2 Å². The lowest BCUT2D eigenvalue weighted by molar-refractivity contribution is -0.113. The highest BCUT2D eigenvalue weighted by Gasteiger charge is 2.20. The van der Waals surface area contributed by atoms with E-state index in [4.69, 9.17) is 25.8 Å². The third-order valence-electron chi connectivity index (χ3n) is 4.88. The summed E-state index contributed by atoms with van der Waals surface area (Å²) < 4.78 is 18.5. The molecule has 0 saturated carbocycles. The van der Waals surface area contributed by atoms with Gasteiger partial charge in [0.1, 0.15) is 17.2 Å². The average molecular weight is 491 g/mol. The number of halogens is 1. The van der Waals surface area contributed by atoms with Crippen LogP contribution in [0.1, 0.15) is 31.3 Å². The van der Waals surface area contributed by atoms with E-state index >= 15 is 0 Å². The Morgan fingerprint density at radius 2 is 1.91 bits per heavy atom. The zero-order valence-electron chi connectivity index (χ0n) is 19.2. The maximum absolute atomic E-state index is 12.6. The molecular weight excluding hydrogens is 464 g/mol. The van der Waals surface area contributed by atoms with Crippen molar-refractivity contribution in [2.24, 2.45) is 0 Å². The lowest BCUT2D eigenvalue weighted by Crippen LogP contribution is -2.16. The van der Waals surface area contributed by atoms with Crippen LogP contribution in [0.3, 0.4) is 0 Å². The summed E-state index contributed by atoms with van der Waals surface area (Å²) in [7, 11) is 3.11. The third-order valence-corrected chi connectivity index (χ3v) is 6.27. The van der Waals surface area contributed by atoms with Crippen molar-refractivity contribution in [3.05, 3.63) is 52.8 Å². The molecule has 0 fully saturated rings. The number of aryl methyl sites for hydroxylation is 1. The fourth-order valence-electron chi connectivity index (χ4n) is 3.18. The molecule has 8 nitrogen and oxygen atoms in total. The van der Waals surface area contributed by atoms with Crippen LogP contribution in [0.4, 0.5) is 5.69 Å². The Morgan fingerprint density at radius 1 is 1.15 bits per heavy atom. The highest BCUT2D eigenvalue weighted by Crippen LogP contribution is 2.30. The zero-order chi connectivity index (χ0) is 24.0. The Hall–Kier alpha value is -2.91. The molecule has 0 saturated heterocycles. The lowest BCUT2D eigenvalue weighted by Gasteiger charge is -2.16. The van der Waals surface area contributed by atoms with Crippen LogP contribution in [0.15, 0.2) is 41.6 Å². The number of ether oxygens (including phenoxy) is 3. The van der Waals surface area contributed by atoms with Gasteiger partial charge in [0.2, 0.25) is 5.91 Å². The molecule has 0 aliphatic heterocycles. The van der Waals surface area contributed by atoms with Gasteiger partial charge in [-0.2, -0.15) is 0 Å². The van der Waals surface area contributed by atoms with Crippen molar-refractivity contribution in [2.45, 2.75) is 38.6 Å². The number of aromatic nitrogens is 3. The molecule has 1 heterocycles. The molecule has 2 aromatic carbocycles. The number of anilines is 1. The van der Waals surface area contributed by atoms with Crippen molar-refractivity contribution < 1.29 is 19.0 Å². The normalized spacial score (nSPS) is 11.7. The molecule has 1 amide bonds. The molecule has 1 atom stereocenters. The summed E-state index contributed by atoms with van der Waals surface area (Å²) in [5.41, 5.74) is 1.48. The number of nitrogens with one attached hydrogen (secondary N) is 1. The minimum atomic E-state index is -0.331. The monoisotopic (exact) mass is 490 g/mol. The number of amides is 1. The predicted octanol–water partition coefficient (Wildman–Crippen LogP) is 5.15. The number of benzene rings is 2. The lowest BCUT2D eigenvalue weighted by atomic mass is 10.2. The van der Waals surface area contributed by atoms with Crippen molar-refractivity contribution in [2.75, 3.05) is 25.3 Å². The van der Waals surface area contributed by atoms with Crippen LogP contribution >= 0.6 is 23.4 Å². The molecule has 3 aromatic rings. The van der Waals surface area contributed by atoms with Gasteiger partial charge in [0.25, 0.3) is 0 Å². The largest absolute Gasteiger partial charge is 0.497 e. The second-order valence-electron chi connectivity index (χ2n) is 7.16. The number of methoxy groups -OCH3 is 2. The highest BCUT2D eigenvalue weighted by atomic mass is 35.5. The van der Waals surface area contributed by atoms with E-state index in [0.29, 0.717) is 45.5 Å². The fraction of sp³-hybridized carbons (Fsp3) is 0.348. The average Bonchev–Trinajstić information content (AvgIpc) is 3.23. The number of carbonyl (C=O) groups excluding carboxylic acids is 1. The van der Waals surface area contributed by atoms with Crippen LogP contribution in [-0.2, 0) is 11.3 Å². The molecule has 1 unspecified atom stereocenters. The van der Waals surface area contributed by atoms with E-state index in [-0.39, 0.29) is 17.8 Å². The van der Waals surface area contributed by atoms with Crippen molar-refractivity contribution in [3.63, 3.8) is 0 Å². The third kappa shape index (κ3) is 6.11. The van der Waals surface area contributed by atoms with Crippen molar-refractivity contribution in [1.29, 1.82) is 0 Å². The van der Waals surface area contributed by atoms with Crippen LogP contribution in [0.25, 0.3) is 0 Å². The van der Waals surface area contributed by atoms with Crippen LogP contribution in [0.5, 0.6) is 17.2 Å². The number of hydrogen-bond donors (Lipinski definition) is 1. The first kappa shape index (κ1) is 24.7. The van der Waals surface area contributed by atoms with Gasteiger partial charge >= 0.3 is 0 Å². The van der Waals surface area contributed by atoms with E-state index in [1.807, 2.05) is 37.5 Å². The van der Waals surface area contributed by atoms with Crippen molar-refractivity contribution >= 4 is 35.0 Å². The Kier molecular flexibility index (Phi) is 8.46. The molecule has 0 aliphatic rings. The van der Waals surface area contributed by atoms with Gasteiger partial charge in [-0.3, -0.25) is 4.79 Å². The summed E-state index contributed by atoms with van der Waals surface area (Å²) >= 11 is 7.40. The second-order valence-corrected chi connectivity index (χ2v) is 8.51. The van der Waals surface area contributed by atoms with Gasteiger partial charge in [0.15, 0.2) is 17.1 Å². The Labute approximate surface area is 202 Å². The quantitative estimate of drug-likeness (QED) is 0.393. The van der Waals surface area contributed by atoms with Gasteiger partial charge in [-0.1, -0.05) is 23.4 Å². The first-order valence-corrected chi connectivity index (χ1v) is 11.7. The second kappa shape index (κ2) is 11.3. The molecular formula is C23H27ClN4O4S. The smallest absolute Gasteiger partial charge is 0.234 e. The summed E-state index contributed by atoms with van der Waals surface area (Å²) in [6, 6.07) is 10.7. The minimum absolute atomic E-state index is 0.157. The van der Waals surface area contributed by atoms with Crippen LogP contribution < -0.4 is 19.5 Å². The number of rotatable bonds is 10. The summed E-state index contributed by atoms with van der Waals surface area (Å²) in [5.74, 6) is 2.53. The maximum atomic E-state index is 12.6. The number of carbonyl (C=O) groups is 1. The molecule has 0 aliphatic carbocycles. The Morgan fingerprint density at radius 3 is 2.58 bits per heavy atom. The van der Waals surface area contributed by atoms with E-state index in [1.165, 1.54) is 11.8 Å². The van der Waals surface area contributed by atoms with Gasteiger partial charge < -0.3 is 24.1 Å². The molecule has 0 bridgehead atoms. The number of hydrogen-bond acceptors (Lipinski definition) is 7.